The van der Waals surface area contributed by atoms with Crippen molar-refractivity contribution in [2.45, 2.75) is 39.2 Å². The molecule has 1 N–H and O–H groups in total. The minimum absolute atomic E-state index is 0. The number of amides is 1. The number of unbranched alkanes of at least 4 members (excludes halogenated alkanes) is 1. The lowest BCUT2D eigenvalue weighted by atomic mass is 10.2. The lowest BCUT2D eigenvalue weighted by molar-refractivity contribution is -0.697. The van der Waals surface area contributed by atoms with Crippen LogP contribution in [-0.4, -0.2) is 12.5 Å². The normalized spacial score (nSPS) is 9.47. The summed E-state index contributed by atoms with van der Waals surface area (Å²) >= 11 is 0. The highest BCUT2D eigenvalue weighted by atomic mass is 79.9. The Hall–Kier alpha value is -0.900. The van der Waals surface area contributed by atoms with Crippen molar-refractivity contribution in [1.29, 1.82) is 0 Å². The molecule has 4 heteroatoms. The zero-order valence-corrected chi connectivity index (χ0v) is 11.9. The molecule has 1 aromatic heterocycles. The molecule has 0 bridgehead atoms. The van der Waals surface area contributed by atoms with E-state index >= 15 is 0 Å². The Morgan fingerprint density at radius 2 is 1.88 bits per heavy atom. The van der Waals surface area contributed by atoms with Gasteiger partial charge in [0, 0.05) is 31.5 Å². The molecule has 0 aliphatic heterocycles. The lowest BCUT2D eigenvalue weighted by Gasteiger charge is -2.02. The van der Waals surface area contributed by atoms with Crippen LogP contribution in [0.3, 0.4) is 0 Å². The van der Waals surface area contributed by atoms with Gasteiger partial charge in [0.25, 0.3) is 0 Å². The van der Waals surface area contributed by atoms with Crippen LogP contribution in [0.2, 0.25) is 0 Å². The highest BCUT2D eigenvalue weighted by Gasteiger charge is 2.02. The highest BCUT2D eigenvalue weighted by Crippen LogP contribution is 1.95. The molecular weight excluding hydrogens is 280 g/mol. The van der Waals surface area contributed by atoms with Crippen LogP contribution < -0.4 is 26.9 Å². The zero-order chi connectivity index (χ0) is 11.6. The van der Waals surface area contributed by atoms with Gasteiger partial charge in [-0.2, -0.15) is 0 Å². The third kappa shape index (κ3) is 7.91. The predicted molar refractivity (Wildman–Crippen MR) is 63.8 cm³/mol. The van der Waals surface area contributed by atoms with E-state index in [1.165, 1.54) is 0 Å². The summed E-state index contributed by atoms with van der Waals surface area (Å²) in [7, 11) is 0. The van der Waals surface area contributed by atoms with E-state index in [1.807, 2.05) is 18.2 Å². The van der Waals surface area contributed by atoms with Gasteiger partial charge in [-0.25, -0.2) is 4.57 Å². The van der Waals surface area contributed by atoms with Gasteiger partial charge < -0.3 is 22.3 Å². The van der Waals surface area contributed by atoms with Crippen molar-refractivity contribution in [2.75, 3.05) is 6.54 Å². The Labute approximate surface area is 114 Å². The molecule has 0 unspecified atom stereocenters. The van der Waals surface area contributed by atoms with Gasteiger partial charge >= 0.3 is 0 Å². The molecule has 0 aliphatic rings. The summed E-state index contributed by atoms with van der Waals surface area (Å²) in [5.41, 5.74) is 0. The first-order valence-electron chi connectivity index (χ1n) is 6.03. The topological polar surface area (TPSA) is 33.0 Å². The van der Waals surface area contributed by atoms with E-state index in [0.717, 1.165) is 32.4 Å². The third-order valence-electron chi connectivity index (χ3n) is 2.42. The van der Waals surface area contributed by atoms with Gasteiger partial charge in [0.1, 0.15) is 6.54 Å². The van der Waals surface area contributed by atoms with E-state index in [-0.39, 0.29) is 22.9 Å². The van der Waals surface area contributed by atoms with Crippen LogP contribution in [0, 0.1) is 0 Å². The second kappa shape index (κ2) is 10.3. The van der Waals surface area contributed by atoms with Crippen molar-refractivity contribution in [3.05, 3.63) is 30.6 Å². The van der Waals surface area contributed by atoms with Crippen molar-refractivity contribution in [3.8, 4) is 0 Å². The molecule has 0 aliphatic carbocycles. The summed E-state index contributed by atoms with van der Waals surface area (Å²) in [6.07, 6.45) is 7.76. The molecular formula is C13H21BrN2O. The van der Waals surface area contributed by atoms with Gasteiger partial charge in [0.05, 0.1) is 0 Å². The Bertz CT molecular complexity index is 304. The molecule has 1 heterocycles. The van der Waals surface area contributed by atoms with Gasteiger partial charge in [0.2, 0.25) is 5.91 Å². The van der Waals surface area contributed by atoms with E-state index < -0.39 is 0 Å². The van der Waals surface area contributed by atoms with Gasteiger partial charge in [-0.1, -0.05) is 13.0 Å². The van der Waals surface area contributed by atoms with Crippen molar-refractivity contribution < 1.29 is 26.3 Å². The number of hydrogen-bond donors (Lipinski definition) is 1. The summed E-state index contributed by atoms with van der Waals surface area (Å²) in [5, 5.41) is 2.89. The molecule has 0 saturated carbocycles. The molecule has 3 nitrogen and oxygen atoms in total. The summed E-state index contributed by atoms with van der Waals surface area (Å²) in [5.74, 6) is 0.180. The number of nitrogens with zero attached hydrogens (tertiary/aromatic N) is 1. The van der Waals surface area contributed by atoms with E-state index in [4.69, 9.17) is 0 Å². The van der Waals surface area contributed by atoms with Crippen molar-refractivity contribution in [1.82, 2.24) is 5.32 Å². The van der Waals surface area contributed by atoms with Crippen LogP contribution in [0.25, 0.3) is 0 Å². The van der Waals surface area contributed by atoms with Crippen molar-refractivity contribution in [3.63, 3.8) is 0 Å². The number of hydrogen-bond acceptors (Lipinski definition) is 1. The molecule has 1 aromatic rings. The summed E-state index contributed by atoms with van der Waals surface area (Å²) in [4.78, 5) is 11.3. The van der Waals surface area contributed by atoms with Gasteiger partial charge in [0.15, 0.2) is 12.4 Å². The number of rotatable bonds is 7. The zero-order valence-electron chi connectivity index (χ0n) is 10.4. The fraction of sp³-hybridized carbons (Fsp3) is 0.538. The maximum atomic E-state index is 11.3. The first-order valence-corrected chi connectivity index (χ1v) is 6.03. The molecule has 0 spiro atoms. The van der Waals surface area contributed by atoms with Crippen LogP contribution >= 0.6 is 0 Å². The number of pyridine rings is 1. The van der Waals surface area contributed by atoms with Crippen LogP contribution in [0.5, 0.6) is 0 Å². The quantitative estimate of drug-likeness (QED) is 0.492. The van der Waals surface area contributed by atoms with E-state index in [0.29, 0.717) is 6.42 Å². The van der Waals surface area contributed by atoms with Crippen molar-refractivity contribution >= 4 is 5.91 Å². The minimum Gasteiger partial charge on any atom is -1.00 e. The fourth-order valence-electron chi connectivity index (χ4n) is 1.52. The fourth-order valence-corrected chi connectivity index (χ4v) is 1.52. The number of carbonyl (C=O) groups excluding carboxylic acids is 1. The number of halogens is 1. The minimum atomic E-state index is 0. The average Bonchev–Trinajstić information content (AvgIpc) is 2.33. The van der Waals surface area contributed by atoms with Gasteiger partial charge in [-0.3, -0.25) is 4.79 Å². The van der Waals surface area contributed by atoms with Crippen LogP contribution in [0.1, 0.15) is 32.6 Å². The Kier molecular flexibility index (Phi) is 9.72. The predicted octanol–water partition coefficient (Wildman–Crippen LogP) is -1.33. The third-order valence-corrected chi connectivity index (χ3v) is 2.42. The molecule has 1 rings (SSSR count). The number of carbonyl (C=O) groups is 1. The number of aryl methyl sites for hydroxylation is 1. The second-order valence-corrected chi connectivity index (χ2v) is 3.92. The smallest absolute Gasteiger partial charge is 0.219 e. The van der Waals surface area contributed by atoms with E-state index in [1.54, 1.807) is 0 Å². The summed E-state index contributed by atoms with van der Waals surface area (Å²) in [6.45, 7) is 3.85. The standard InChI is InChI=1S/C13H20N2O.BrH/c1-2-9-14-13(16)8-4-7-12-15-10-5-3-6-11-15;/h3,5-6,10-11H,2,4,7-9,12H2,1H3;1H. The first kappa shape index (κ1) is 16.1. The molecule has 0 atom stereocenters. The van der Waals surface area contributed by atoms with Crippen LogP contribution in [0.4, 0.5) is 0 Å². The Balaban J connectivity index is 0.00000256. The molecule has 0 fully saturated rings. The molecule has 0 radical (unpaired) electrons. The number of nitrogens with one attached hydrogen (secondary N) is 1. The summed E-state index contributed by atoms with van der Waals surface area (Å²) in [6, 6.07) is 6.05. The molecule has 17 heavy (non-hydrogen) atoms. The Morgan fingerprint density at radius 3 is 2.53 bits per heavy atom. The molecule has 1 amide bonds. The average molecular weight is 301 g/mol. The largest absolute Gasteiger partial charge is 1.00 e. The second-order valence-electron chi connectivity index (χ2n) is 3.92. The molecule has 0 saturated heterocycles. The SMILES string of the molecule is CCCNC(=O)CCCC[n+]1ccccc1.[Br-]. The summed E-state index contributed by atoms with van der Waals surface area (Å²) < 4.78 is 2.14. The molecule has 0 aromatic carbocycles. The Morgan fingerprint density at radius 1 is 1.18 bits per heavy atom. The lowest BCUT2D eigenvalue weighted by Crippen LogP contribution is -3.00. The molecule has 96 valence electrons. The number of aromatic nitrogens is 1. The van der Waals surface area contributed by atoms with Gasteiger partial charge in [-0.15, -0.1) is 0 Å². The van der Waals surface area contributed by atoms with Gasteiger partial charge in [-0.05, 0) is 12.8 Å². The van der Waals surface area contributed by atoms with E-state index in [2.05, 4.69) is 29.2 Å². The maximum Gasteiger partial charge on any atom is 0.219 e. The van der Waals surface area contributed by atoms with Crippen molar-refractivity contribution in [2.24, 2.45) is 0 Å². The van der Waals surface area contributed by atoms with E-state index in [9.17, 15) is 4.79 Å². The van der Waals surface area contributed by atoms with Crippen LogP contribution in [0.15, 0.2) is 30.6 Å². The van der Waals surface area contributed by atoms with Crippen LogP contribution in [-0.2, 0) is 11.3 Å². The highest BCUT2D eigenvalue weighted by molar-refractivity contribution is 5.75. The maximum absolute atomic E-state index is 11.3. The first-order chi connectivity index (χ1) is 7.83. The monoisotopic (exact) mass is 300 g/mol.